The van der Waals surface area contributed by atoms with E-state index in [1.807, 2.05) is 11.8 Å². The SMILES string of the molecule is CCS[C@H]1CCC[C@@H]1NC(=O)c1cccc(NC(=O)CC)c1. The lowest BCUT2D eigenvalue weighted by Crippen LogP contribution is -2.38. The van der Waals surface area contributed by atoms with Crippen LogP contribution in [-0.4, -0.2) is 28.9 Å². The first kappa shape index (κ1) is 16.9. The van der Waals surface area contributed by atoms with Crippen LogP contribution in [0.15, 0.2) is 24.3 Å². The second kappa shape index (κ2) is 8.22. The lowest BCUT2D eigenvalue weighted by molar-refractivity contribution is -0.115. The zero-order chi connectivity index (χ0) is 15.9. The van der Waals surface area contributed by atoms with Gasteiger partial charge in [0.15, 0.2) is 0 Å². The maximum Gasteiger partial charge on any atom is 0.251 e. The van der Waals surface area contributed by atoms with Crippen LogP contribution in [0.5, 0.6) is 0 Å². The van der Waals surface area contributed by atoms with Crippen LogP contribution in [0.2, 0.25) is 0 Å². The fourth-order valence-corrected chi connectivity index (χ4v) is 3.94. The molecule has 5 heteroatoms. The van der Waals surface area contributed by atoms with Crippen molar-refractivity contribution in [1.82, 2.24) is 5.32 Å². The molecule has 2 amide bonds. The molecule has 120 valence electrons. The maximum atomic E-state index is 12.4. The van der Waals surface area contributed by atoms with Crippen LogP contribution in [0.1, 0.15) is 49.9 Å². The van der Waals surface area contributed by atoms with Gasteiger partial charge in [-0.3, -0.25) is 9.59 Å². The summed E-state index contributed by atoms with van der Waals surface area (Å²) in [4.78, 5) is 23.9. The largest absolute Gasteiger partial charge is 0.348 e. The Morgan fingerprint density at radius 3 is 2.82 bits per heavy atom. The number of carbonyl (C=O) groups is 2. The first-order chi connectivity index (χ1) is 10.6. The third-order valence-electron chi connectivity index (χ3n) is 3.88. The van der Waals surface area contributed by atoms with Gasteiger partial charge >= 0.3 is 0 Å². The van der Waals surface area contributed by atoms with Gasteiger partial charge in [0, 0.05) is 29.0 Å². The van der Waals surface area contributed by atoms with Crippen LogP contribution in [0, 0.1) is 0 Å². The number of nitrogens with one attached hydrogen (secondary N) is 2. The molecule has 0 aliphatic heterocycles. The first-order valence-electron chi connectivity index (χ1n) is 7.96. The Labute approximate surface area is 136 Å². The summed E-state index contributed by atoms with van der Waals surface area (Å²) in [6.45, 7) is 3.96. The highest BCUT2D eigenvalue weighted by Gasteiger charge is 2.28. The van der Waals surface area contributed by atoms with Crippen molar-refractivity contribution in [1.29, 1.82) is 0 Å². The maximum absolute atomic E-state index is 12.4. The van der Waals surface area contributed by atoms with Gasteiger partial charge in [-0.2, -0.15) is 11.8 Å². The van der Waals surface area contributed by atoms with E-state index in [9.17, 15) is 9.59 Å². The van der Waals surface area contributed by atoms with E-state index in [4.69, 9.17) is 0 Å². The molecular weight excluding hydrogens is 296 g/mol. The highest BCUT2D eigenvalue weighted by Crippen LogP contribution is 2.30. The standard InChI is InChI=1S/C17H24N2O2S/c1-3-16(20)18-13-8-5-7-12(11-13)17(21)19-14-9-6-10-15(14)22-4-2/h5,7-8,11,14-15H,3-4,6,9-10H2,1-2H3,(H,18,20)(H,19,21)/t14-,15-/m0/s1. The normalized spacial score (nSPS) is 20.6. The van der Waals surface area contributed by atoms with Gasteiger partial charge in [-0.1, -0.05) is 26.3 Å². The molecule has 0 spiro atoms. The molecule has 0 aromatic heterocycles. The highest BCUT2D eigenvalue weighted by atomic mass is 32.2. The lowest BCUT2D eigenvalue weighted by Gasteiger charge is -2.20. The summed E-state index contributed by atoms with van der Waals surface area (Å²) in [5.74, 6) is 0.976. The molecule has 1 saturated carbocycles. The summed E-state index contributed by atoms with van der Waals surface area (Å²) in [5.41, 5.74) is 1.27. The van der Waals surface area contributed by atoms with Gasteiger partial charge in [-0.25, -0.2) is 0 Å². The summed E-state index contributed by atoms with van der Waals surface area (Å²) >= 11 is 1.93. The van der Waals surface area contributed by atoms with Gasteiger partial charge in [-0.05, 0) is 36.8 Å². The number of hydrogen-bond acceptors (Lipinski definition) is 3. The van der Waals surface area contributed by atoms with Crippen LogP contribution in [-0.2, 0) is 4.79 Å². The van der Waals surface area contributed by atoms with Crippen molar-refractivity contribution in [3.05, 3.63) is 29.8 Å². The van der Waals surface area contributed by atoms with Gasteiger partial charge < -0.3 is 10.6 Å². The van der Waals surface area contributed by atoms with Crippen LogP contribution in [0.3, 0.4) is 0 Å². The second-order valence-corrected chi connectivity index (χ2v) is 7.00. The Balaban J connectivity index is 2.00. The molecule has 0 radical (unpaired) electrons. The zero-order valence-corrected chi connectivity index (χ0v) is 14.0. The van der Waals surface area contributed by atoms with Crippen molar-refractivity contribution in [3.8, 4) is 0 Å². The number of thioether (sulfide) groups is 1. The third kappa shape index (κ3) is 4.50. The molecule has 2 rings (SSSR count). The van der Waals surface area contributed by atoms with Crippen molar-refractivity contribution in [2.24, 2.45) is 0 Å². The average Bonchev–Trinajstić information content (AvgIpc) is 2.95. The smallest absolute Gasteiger partial charge is 0.251 e. The summed E-state index contributed by atoms with van der Waals surface area (Å²) in [6, 6.07) is 7.38. The number of anilines is 1. The van der Waals surface area contributed by atoms with E-state index < -0.39 is 0 Å². The van der Waals surface area contributed by atoms with E-state index >= 15 is 0 Å². The summed E-state index contributed by atoms with van der Waals surface area (Å²) < 4.78 is 0. The molecule has 0 unspecified atom stereocenters. The molecule has 1 aromatic rings. The monoisotopic (exact) mass is 320 g/mol. The molecule has 1 aromatic carbocycles. The lowest BCUT2D eigenvalue weighted by atomic mass is 10.1. The fourth-order valence-electron chi connectivity index (χ4n) is 2.74. The molecular formula is C17H24N2O2S. The van der Waals surface area contributed by atoms with Crippen LogP contribution < -0.4 is 10.6 Å². The topological polar surface area (TPSA) is 58.2 Å². The van der Waals surface area contributed by atoms with Crippen molar-refractivity contribution in [3.63, 3.8) is 0 Å². The fraction of sp³-hybridized carbons (Fsp3) is 0.529. The number of hydrogen-bond donors (Lipinski definition) is 2. The highest BCUT2D eigenvalue weighted by molar-refractivity contribution is 7.99. The molecule has 0 heterocycles. The Morgan fingerprint density at radius 1 is 1.27 bits per heavy atom. The minimum atomic E-state index is -0.0544. The van der Waals surface area contributed by atoms with E-state index in [-0.39, 0.29) is 17.9 Å². The van der Waals surface area contributed by atoms with Crippen LogP contribution in [0.25, 0.3) is 0 Å². The van der Waals surface area contributed by atoms with Gasteiger partial charge in [0.05, 0.1) is 0 Å². The molecule has 0 bridgehead atoms. The van der Waals surface area contributed by atoms with Gasteiger partial charge in [-0.15, -0.1) is 0 Å². The number of amides is 2. The van der Waals surface area contributed by atoms with Crippen LogP contribution in [0.4, 0.5) is 5.69 Å². The zero-order valence-electron chi connectivity index (χ0n) is 13.2. The molecule has 1 fully saturated rings. The summed E-state index contributed by atoms with van der Waals surface area (Å²) in [7, 11) is 0. The van der Waals surface area contributed by atoms with E-state index in [1.54, 1.807) is 31.2 Å². The predicted molar refractivity (Wildman–Crippen MR) is 92.4 cm³/mol. The minimum Gasteiger partial charge on any atom is -0.348 e. The van der Waals surface area contributed by atoms with Crippen molar-refractivity contribution in [2.45, 2.75) is 50.8 Å². The third-order valence-corrected chi connectivity index (χ3v) is 5.21. The molecule has 0 saturated heterocycles. The molecule has 1 aliphatic carbocycles. The quantitative estimate of drug-likeness (QED) is 0.844. The molecule has 1 aliphatic rings. The van der Waals surface area contributed by atoms with Gasteiger partial charge in [0.1, 0.15) is 0 Å². The van der Waals surface area contributed by atoms with Crippen molar-refractivity contribution in [2.75, 3.05) is 11.1 Å². The van der Waals surface area contributed by atoms with E-state index in [1.165, 1.54) is 12.8 Å². The number of benzene rings is 1. The number of rotatable bonds is 6. The predicted octanol–water partition coefficient (Wildman–Crippen LogP) is 3.44. The first-order valence-corrected chi connectivity index (χ1v) is 9.01. The Kier molecular flexibility index (Phi) is 6.31. The average molecular weight is 320 g/mol. The molecule has 4 nitrogen and oxygen atoms in total. The Bertz CT molecular complexity index is 533. The molecule has 2 N–H and O–H groups in total. The summed E-state index contributed by atoms with van der Waals surface area (Å²) in [5, 5.41) is 6.46. The Hall–Kier alpha value is -1.49. The van der Waals surface area contributed by atoms with Crippen molar-refractivity contribution < 1.29 is 9.59 Å². The van der Waals surface area contributed by atoms with Crippen LogP contribution >= 0.6 is 11.8 Å². The molecule has 2 atom stereocenters. The summed E-state index contributed by atoms with van der Waals surface area (Å²) in [6.07, 6.45) is 3.83. The Morgan fingerprint density at radius 2 is 2.09 bits per heavy atom. The molecule has 22 heavy (non-hydrogen) atoms. The van der Waals surface area contributed by atoms with Gasteiger partial charge in [0.25, 0.3) is 5.91 Å². The van der Waals surface area contributed by atoms with E-state index in [2.05, 4.69) is 17.6 Å². The second-order valence-electron chi connectivity index (χ2n) is 5.49. The van der Waals surface area contributed by atoms with E-state index in [0.29, 0.717) is 22.9 Å². The van der Waals surface area contributed by atoms with Crippen molar-refractivity contribution >= 4 is 29.3 Å². The number of carbonyl (C=O) groups excluding carboxylic acids is 2. The van der Waals surface area contributed by atoms with Gasteiger partial charge in [0.2, 0.25) is 5.91 Å². The van der Waals surface area contributed by atoms with E-state index in [0.717, 1.165) is 12.2 Å². The minimum absolute atomic E-state index is 0.0484.